The molecule has 0 spiro atoms. The van der Waals surface area contributed by atoms with Crippen LogP contribution in [0.15, 0.2) is 30.3 Å². The maximum absolute atomic E-state index is 12.5. The van der Waals surface area contributed by atoms with Crippen molar-refractivity contribution in [2.24, 2.45) is 0 Å². The SMILES string of the molecule is C1CCCCC1.C=O.CCNc1cc(CNC(=O)c2ccc(N3CC4CCC(C3)O4)cc2)nc(C)n1.CNCCOC. The molecule has 0 radical (unpaired) electrons. The number of benzene rings is 1. The van der Waals surface area contributed by atoms with Crippen LogP contribution < -0.4 is 20.9 Å². The van der Waals surface area contributed by atoms with Crippen molar-refractivity contribution in [3.05, 3.63) is 47.4 Å². The summed E-state index contributed by atoms with van der Waals surface area (Å²) in [5.41, 5.74) is 2.59. The van der Waals surface area contributed by atoms with Crippen LogP contribution in [0.3, 0.4) is 0 Å². The average Bonchev–Trinajstić information content (AvgIpc) is 3.38. The molecule has 2 bridgehead atoms. The second kappa shape index (κ2) is 20.7. The summed E-state index contributed by atoms with van der Waals surface area (Å²) >= 11 is 0. The van der Waals surface area contributed by atoms with Gasteiger partial charge in [0.1, 0.15) is 18.4 Å². The lowest BCUT2D eigenvalue weighted by Gasteiger charge is -2.33. The number of hydrogen-bond donors (Lipinski definition) is 3. The van der Waals surface area contributed by atoms with Crippen LogP contribution in [0.4, 0.5) is 11.5 Å². The van der Waals surface area contributed by atoms with Gasteiger partial charge in [-0.2, -0.15) is 0 Å². The van der Waals surface area contributed by atoms with Crippen molar-refractivity contribution in [3.63, 3.8) is 0 Å². The van der Waals surface area contributed by atoms with E-state index in [2.05, 4.69) is 30.8 Å². The van der Waals surface area contributed by atoms with Crippen LogP contribution in [0.5, 0.6) is 0 Å². The number of morpholine rings is 1. The van der Waals surface area contributed by atoms with Crippen molar-refractivity contribution in [1.82, 2.24) is 20.6 Å². The van der Waals surface area contributed by atoms with Crippen molar-refractivity contribution >= 4 is 24.2 Å². The molecule has 5 rings (SSSR count). The summed E-state index contributed by atoms with van der Waals surface area (Å²) in [5.74, 6) is 1.37. The molecule has 3 heterocycles. The molecule has 3 aliphatic rings. The Morgan fingerprint density at radius 2 is 1.62 bits per heavy atom. The van der Waals surface area contributed by atoms with Gasteiger partial charge in [0, 0.05) is 50.6 Å². The second-order valence-electron chi connectivity index (χ2n) is 10.6. The van der Waals surface area contributed by atoms with Crippen molar-refractivity contribution in [2.45, 2.75) is 84.0 Å². The molecule has 2 saturated heterocycles. The normalized spacial score (nSPS) is 18.7. The van der Waals surface area contributed by atoms with E-state index in [1.165, 1.54) is 38.5 Å². The van der Waals surface area contributed by atoms with Gasteiger partial charge >= 0.3 is 0 Å². The highest BCUT2D eigenvalue weighted by molar-refractivity contribution is 5.94. The van der Waals surface area contributed by atoms with Crippen LogP contribution in [-0.2, 0) is 20.8 Å². The fraction of sp³-hybridized carbons (Fsp3) is 0.625. The van der Waals surface area contributed by atoms with E-state index in [4.69, 9.17) is 14.3 Å². The first kappa shape index (κ1) is 35.1. The molecule has 1 aliphatic carbocycles. The number of aryl methyl sites for hydroxylation is 1. The van der Waals surface area contributed by atoms with Gasteiger partial charge in [0.25, 0.3) is 5.91 Å². The molecule has 42 heavy (non-hydrogen) atoms. The number of fused-ring (bicyclic) bond motifs is 2. The first-order valence-electron chi connectivity index (χ1n) is 15.3. The third kappa shape index (κ3) is 12.8. The van der Waals surface area contributed by atoms with Crippen LogP contribution >= 0.6 is 0 Å². The molecule has 1 amide bonds. The first-order chi connectivity index (χ1) is 20.5. The number of likely N-dealkylation sites (N-methyl/N-ethyl adjacent to an activating group) is 1. The number of carbonyl (C=O) groups excluding carboxylic acids is 2. The third-order valence-corrected chi connectivity index (χ3v) is 7.27. The lowest BCUT2D eigenvalue weighted by molar-refractivity contribution is -0.0980. The molecule has 2 aromatic rings. The minimum Gasteiger partial charge on any atom is -0.383 e. The smallest absolute Gasteiger partial charge is 0.251 e. The maximum atomic E-state index is 12.5. The summed E-state index contributed by atoms with van der Waals surface area (Å²) in [7, 11) is 3.59. The summed E-state index contributed by atoms with van der Waals surface area (Å²) in [4.78, 5) is 31.6. The molecule has 10 nitrogen and oxygen atoms in total. The van der Waals surface area contributed by atoms with E-state index >= 15 is 0 Å². The van der Waals surface area contributed by atoms with Gasteiger partial charge in [-0.3, -0.25) is 4.79 Å². The number of methoxy groups -OCH3 is 1. The van der Waals surface area contributed by atoms with E-state index < -0.39 is 0 Å². The van der Waals surface area contributed by atoms with Gasteiger partial charge < -0.3 is 35.1 Å². The van der Waals surface area contributed by atoms with Crippen LogP contribution in [0.25, 0.3) is 0 Å². The van der Waals surface area contributed by atoms with Crippen molar-refractivity contribution in [1.29, 1.82) is 0 Å². The number of carbonyl (C=O) groups is 2. The summed E-state index contributed by atoms with van der Waals surface area (Å²) in [6.07, 6.45) is 12.0. The van der Waals surface area contributed by atoms with Crippen LogP contribution in [0, 0.1) is 6.92 Å². The van der Waals surface area contributed by atoms with Gasteiger partial charge in [0.2, 0.25) is 0 Å². The first-order valence-corrected chi connectivity index (χ1v) is 15.3. The average molecular weight is 585 g/mol. The largest absolute Gasteiger partial charge is 0.383 e. The summed E-state index contributed by atoms with van der Waals surface area (Å²) < 4.78 is 10.6. The Kier molecular flexibility index (Phi) is 17.3. The molecular weight excluding hydrogens is 532 g/mol. The van der Waals surface area contributed by atoms with Gasteiger partial charge in [0.05, 0.1) is 31.1 Å². The summed E-state index contributed by atoms with van der Waals surface area (Å²) in [6.45, 7) is 10.6. The summed E-state index contributed by atoms with van der Waals surface area (Å²) in [5, 5.41) is 9.07. The lowest BCUT2D eigenvalue weighted by Crippen LogP contribution is -2.42. The van der Waals surface area contributed by atoms with Gasteiger partial charge in [-0.05, 0) is 58.0 Å². The molecule has 1 aromatic carbocycles. The zero-order valence-electron chi connectivity index (χ0n) is 26.1. The highest BCUT2D eigenvalue weighted by atomic mass is 16.5. The minimum atomic E-state index is -0.102. The van der Waals surface area contributed by atoms with Crippen molar-refractivity contribution < 1.29 is 19.1 Å². The van der Waals surface area contributed by atoms with E-state index in [1.54, 1.807) is 7.11 Å². The number of nitrogens with zero attached hydrogens (tertiary/aromatic N) is 3. The van der Waals surface area contributed by atoms with Gasteiger partial charge in [-0.1, -0.05) is 38.5 Å². The molecule has 234 valence electrons. The standard InChI is InChI=1S/C21H27N5O2.C6H12.C4H11NO.CH2O/c1-3-22-20-10-16(24-14(2)25-20)11-23-21(27)15-4-6-17(7-5-15)26-12-18-8-9-19(13-26)28-18;1-2-4-6-5-3-1;1-5-3-4-6-2;1-2/h4-7,10,18-19H,3,8-9,11-13H2,1-2H3,(H,23,27)(H,22,24,25);1-6H2;5H,3-4H2,1-2H3;1H2. The number of amides is 1. The number of aromatic nitrogens is 2. The Balaban J connectivity index is 0.000000365. The molecular formula is C32H52N6O4. The molecule has 2 unspecified atom stereocenters. The minimum absolute atomic E-state index is 0.102. The number of ether oxygens (including phenoxy) is 2. The maximum Gasteiger partial charge on any atom is 0.251 e. The van der Waals surface area contributed by atoms with Gasteiger partial charge in [-0.25, -0.2) is 9.97 Å². The highest BCUT2D eigenvalue weighted by Gasteiger charge is 2.33. The Morgan fingerprint density at radius 3 is 2.12 bits per heavy atom. The number of rotatable bonds is 9. The number of hydrogen-bond acceptors (Lipinski definition) is 9. The fourth-order valence-corrected chi connectivity index (χ4v) is 5.18. The van der Waals surface area contributed by atoms with Crippen LogP contribution in [0.2, 0.25) is 0 Å². The van der Waals surface area contributed by atoms with E-state index in [0.717, 1.165) is 62.8 Å². The van der Waals surface area contributed by atoms with E-state index in [-0.39, 0.29) is 5.91 Å². The van der Waals surface area contributed by atoms with E-state index in [9.17, 15) is 4.79 Å². The highest BCUT2D eigenvalue weighted by Crippen LogP contribution is 2.29. The molecule has 2 atom stereocenters. The molecule has 10 heteroatoms. The zero-order chi connectivity index (χ0) is 30.6. The van der Waals surface area contributed by atoms with Gasteiger partial charge in [-0.15, -0.1) is 0 Å². The predicted molar refractivity (Wildman–Crippen MR) is 169 cm³/mol. The van der Waals surface area contributed by atoms with Crippen molar-refractivity contribution in [3.8, 4) is 0 Å². The van der Waals surface area contributed by atoms with Crippen molar-refractivity contribution in [2.75, 3.05) is 57.2 Å². The molecule has 2 aliphatic heterocycles. The topological polar surface area (TPSA) is 118 Å². The predicted octanol–water partition coefficient (Wildman–Crippen LogP) is 4.52. The monoisotopic (exact) mass is 584 g/mol. The zero-order valence-corrected chi connectivity index (χ0v) is 26.1. The molecule has 1 aromatic heterocycles. The van der Waals surface area contributed by atoms with E-state index in [0.29, 0.717) is 30.1 Å². The Labute approximate surface area is 252 Å². The number of anilines is 2. The third-order valence-electron chi connectivity index (χ3n) is 7.27. The number of nitrogens with one attached hydrogen (secondary N) is 3. The van der Waals surface area contributed by atoms with Gasteiger partial charge in [0.15, 0.2) is 0 Å². The fourth-order valence-electron chi connectivity index (χ4n) is 5.18. The second-order valence-corrected chi connectivity index (χ2v) is 10.6. The Morgan fingerprint density at radius 1 is 1.02 bits per heavy atom. The molecule has 3 fully saturated rings. The van der Waals surface area contributed by atoms with E-state index in [1.807, 2.05) is 58.0 Å². The Bertz CT molecular complexity index is 991. The van der Waals surface area contributed by atoms with Crippen LogP contribution in [0.1, 0.15) is 80.2 Å². The Hall–Kier alpha value is -3.08. The quantitative estimate of drug-likeness (QED) is 0.366. The molecule has 1 saturated carbocycles. The molecule has 3 N–H and O–H groups in total. The van der Waals surface area contributed by atoms with Crippen LogP contribution in [-0.4, -0.2) is 81.8 Å². The summed E-state index contributed by atoms with van der Waals surface area (Å²) in [6, 6.07) is 9.69. The lowest BCUT2D eigenvalue weighted by atomic mass is 10.0.